The van der Waals surface area contributed by atoms with E-state index in [0.717, 1.165) is 6.54 Å². The summed E-state index contributed by atoms with van der Waals surface area (Å²) in [7, 11) is 2.07. The number of carbonyl (C=O) groups excluding carboxylic acids is 2. The molecule has 3 N–H and O–H groups in total. The third-order valence-electron chi connectivity index (χ3n) is 8.45. The van der Waals surface area contributed by atoms with Gasteiger partial charge in [0, 0.05) is 36.8 Å². The van der Waals surface area contributed by atoms with Gasteiger partial charge in [0.2, 0.25) is 5.91 Å². The van der Waals surface area contributed by atoms with Gasteiger partial charge in [0.05, 0.1) is 19.1 Å². The summed E-state index contributed by atoms with van der Waals surface area (Å²) in [5.74, 6) is 0.975. The molecule has 46 heavy (non-hydrogen) atoms. The molecule has 3 aromatic carbocycles. The fraction of sp³-hybridized carbons (Fsp3) is 0.361. The summed E-state index contributed by atoms with van der Waals surface area (Å²) in [6.45, 7) is 9.06. The monoisotopic (exact) mass is 625 g/mol. The molecule has 0 saturated carbocycles. The van der Waals surface area contributed by atoms with Crippen molar-refractivity contribution in [3.05, 3.63) is 95.4 Å². The first kappa shape index (κ1) is 32.7. The van der Waals surface area contributed by atoms with E-state index in [1.54, 1.807) is 36.9 Å². The maximum atomic E-state index is 13.6. The Bertz CT molecular complexity index is 1620. The molecule has 2 heterocycles. The highest BCUT2D eigenvalue weighted by Crippen LogP contribution is 2.30. The van der Waals surface area contributed by atoms with Crippen molar-refractivity contribution in [2.45, 2.75) is 52.8 Å². The number of aliphatic hydroxyl groups excluding tert-OH is 1. The van der Waals surface area contributed by atoms with Gasteiger partial charge in [-0.15, -0.1) is 0 Å². The topological polar surface area (TPSA) is 120 Å². The molecule has 3 amide bonds. The number of ether oxygens (including phenoxy) is 1. The predicted molar refractivity (Wildman–Crippen MR) is 179 cm³/mol. The molecule has 0 aliphatic carbocycles. The summed E-state index contributed by atoms with van der Waals surface area (Å²) >= 11 is 0. The van der Waals surface area contributed by atoms with Crippen LogP contribution in [0.4, 0.5) is 16.2 Å². The van der Waals surface area contributed by atoms with Crippen LogP contribution < -0.4 is 15.4 Å². The summed E-state index contributed by atoms with van der Waals surface area (Å²) in [6.07, 6.45) is -0.169. The maximum Gasteiger partial charge on any atom is 0.323 e. The highest BCUT2D eigenvalue weighted by molar-refractivity contribution is 6.00. The van der Waals surface area contributed by atoms with Crippen molar-refractivity contribution < 1.29 is 24.0 Å². The van der Waals surface area contributed by atoms with E-state index in [0.29, 0.717) is 47.2 Å². The number of nitrogens with one attached hydrogen (secondary N) is 2. The minimum atomic E-state index is -0.454. The normalized spacial score (nSPS) is 17.4. The van der Waals surface area contributed by atoms with Crippen molar-refractivity contribution in [2.75, 3.05) is 37.4 Å². The van der Waals surface area contributed by atoms with Crippen molar-refractivity contribution in [1.82, 2.24) is 15.0 Å². The van der Waals surface area contributed by atoms with E-state index in [9.17, 15) is 14.7 Å². The fourth-order valence-electron chi connectivity index (χ4n) is 5.78. The van der Waals surface area contributed by atoms with Gasteiger partial charge in [-0.1, -0.05) is 66.7 Å². The molecule has 0 unspecified atom stereocenters. The number of hydrogen-bond acceptors (Lipinski definition) is 7. The Balaban J connectivity index is 1.33. The van der Waals surface area contributed by atoms with Crippen molar-refractivity contribution in [2.24, 2.45) is 5.92 Å². The summed E-state index contributed by atoms with van der Waals surface area (Å²) in [5, 5.41) is 19.5. The van der Waals surface area contributed by atoms with Gasteiger partial charge in [0.25, 0.3) is 0 Å². The minimum Gasteiger partial charge on any atom is -0.488 e. The maximum absolute atomic E-state index is 13.6. The van der Waals surface area contributed by atoms with Gasteiger partial charge in [-0.3, -0.25) is 9.69 Å². The summed E-state index contributed by atoms with van der Waals surface area (Å²) < 4.78 is 11.8. The van der Waals surface area contributed by atoms with Crippen LogP contribution in [0.1, 0.15) is 36.4 Å². The molecule has 0 radical (unpaired) electrons. The minimum absolute atomic E-state index is 0.0227. The Hall–Kier alpha value is -4.67. The molecule has 0 spiro atoms. The lowest BCUT2D eigenvalue weighted by molar-refractivity contribution is -0.134. The number of nitrogens with zero attached hydrogens (tertiary/aromatic N) is 3. The summed E-state index contributed by atoms with van der Waals surface area (Å²) in [5.41, 5.74) is 5.82. The van der Waals surface area contributed by atoms with Crippen LogP contribution in [0.15, 0.2) is 77.3 Å². The zero-order chi connectivity index (χ0) is 32.8. The van der Waals surface area contributed by atoms with Gasteiger partial charge in [-0.2, -0.15) is 0 Å². The Labute approximate surface area is 270 Å². The molecule has 5 rings (SSSR count). The fourth-order valence-corrected chi connectivity index (χ4v) is 5.78. The molecule has 3 atom stereocenters. The number of aromatic nitrogens is 1. The Morgan fingerprint density at radius 3 is 2.46 bits per heavy atom. The number of amides is 3. The van der Waals surface area contributed by atoms with E-state index in [1.165, 1.54) is 16.7 Å². The number of likely N-dealkylation sites (N-methyl/N-ethyl adjacent to an activating group) is 1. The third-order valence-corrected chi connectivity index (χ3v) is 8.45. The number of carbonyl (C=O) groups is 2. The van der Waals surface area contributed by atoms with E-state index in [1.807, 2.05) is 25.1 Å². The number of aryl methyl sites for hydroxylation is 2. The molecule has 0 fully saturated rings. The molecule has 1 aromatic heterocycles. The van der Waals surface area contributed by atoms with Gasteiger partial charge in [0.1, 0.15) is 23.2 Å². The van der Waals surface area contributed by atoms with Crippen LogP contribution >= 0.6 is 0 Å². The number of anilines is 2. The summed E-state index contributed by atoms with van der Waals surface area (Å²) in [6, 6.07) is 23.5. The molecular weight excluding hydrogens is 582 g/mol. The number of benzene rings is 3. The lowest BCUT2D eigenvalue weighted by Gasteiger charge is -2.34. The number of hydrogen-bond donors (Lipinski definition) is 3. The first-order valence-electron chi connectivity index (χ1n) is 15.6. The van der Waals surface area contributed by atoms with Crippen molar-refractivity contribution >= 4 is 23.3 Å². The lowest BCUT2D eigenvalue weighted by atomic mass is 10.0. The quantitative estimate of drug-likeness (QED) is 0.212. The third kappa shape index (κ3) is 7.94. The highest BCUT2D eigenvalue weighted by atomic mass is 16.5. The first-order valence-corrected chi connectivity index (χ1v) is 15.6. The second-order valence-corrected chi connectivity index (χ2v) is 12.2. The Morgan fingerprint density at radius 2 is 1.78 bits per heavy atom. The molecule has 242 valence electrons. The van der Waals surface area contributed by atoms with Gasteiger partial charge in [-0.25, -0.2) is 4.79 Å². The number of urea groups is 1. The SMILES string of the molecule is Cc1noc(C)c1NC(=O)Nc1ccc2c(c1)CC(=O)N([C@H](C)CO)C[C@H](C)[C@H](CN(C)Cc1ccc(-c3ccccc3)cc1)O2. The number of fused-ring (bicyclic) bond motifs is 1. The van der Waals surface area contributed by atoms with Crippen molar-refractivity contribution in [1.29, 1.82) is 0 Å². The van der Waals surface area contributed by atoms with Crippen LogP contribution in [0.2, 0.25) is 0 Å². The zero-order valence-electron chi connectivity index (χ0n) is 27.1. The molecule has 0 saturated heterocycles. The van der Waals surface area contributed by atoms with Gasteiger partial charge in [-0.05, 0) is 62.7 Å². The molecule has 1 aliphatic rings. The second kappa shape index (κ2) is 14.6. The predicted octanol–water partition coefficient (Wildman–Crippen LogP) is 5.88. The molecule has 0 bridgehead atoms. The molecule has 10 heteroatoms. The van der Waals surface area contributed by atoms with Crippen LogP contribution in [-0.4, -0.2) is 70.9 Å². The first-order chi connectivity index (χ1) is 22.1. The molecule has 4 aromatic rings. The zero-order valence-corrected chi connectivity index (χ0v) is 27.1. The van der Waals surface area contributed by atoms with E-state index < -0.39 is 6.03 Å². The average Bonchev–Trinajstić information content (AvgIpc) is 3.38. The molecule has 10 nitrogen and oxygen atoms in total. The van der Waals surface area contributed by atoms with Crippen LogP contribution in [-0.2, 0) is 17.8 Å². The summed E-state index contributed by atoms with van der Waals surface area (Å²) in [4.78, 5) is 30.3. The lowest BCUT2D eigenvalue weighted by Crippen LogP contribution is -2.47. The number of rotatable bonds is 9. The largest absolute Gasteiger partial charge is 0.488 e. The van der Waals surface area contributed by atoms with E-state index in [-0.39, 0.29) is 37.0 Å². The van der Waals surface area contributed by atoms with Crippen LogP contribution in [0.25, 0.3) is 11.1 Å². The van der Waals surface area contributed by atoms with E-state index in [4.69, 9.17) is 9.26 Å². The molecular formula is C36H43N5O5. The highest BCUT2D eigenvalue weighted by Gasteiger charge is 2.31. The van der Waals surface area contributed by atoms with Crippen LogP contribution in [0.3, 0.4) is 0 Å². The standard InChI is InChI=1S/C36H43N5O5/c1-23-19-41(24(2)22-42)34(43)18-30-17-31(37-36(44)38-35-25(3)39-46-26(35)4)15-16-32(30)45-33(23)21-40(5)20-27-11-13-29(14-12-27)28-9-7-6-8-10-28/h6-17,23-24,33,42H,18-22H2,1-5H3,(H2,37,38,44)/t23-,24+,33-/m0/s1. The Kier molecular flexibility index (Phi) is 10.4. The van der Waals surface area contributed by atoms with E-state index in [2.05, 4.69) is 71.1 Å². The number of aliphatic hydroxyl groups is 1. The van der Waals surface area contributed by atoms with Crippen LogP contribution in [0, 0.1) is 19.8 Å². The van der Waals surface area contributed by atoms with E-state index >= 15 is 0 Å². The molecule has 1 aliphatic heterocycles. The van der Waals surface area contributed by atoms with Crippen molar-refractivity contribution in [3.63, 3.8) is 0 Å². The Morgan fingerprint density at radius 1 is 1.07 bits per heavy atom. The van der Waals surface area contributed by atoms with Gasteiger partial charge in [0.15, 0.2) is 5.76 Å². The van der Waals surface area contributed by atoms with Crippen LogP contribution in [0.5, 0.6) is 5.75 Å². The smallest absolute Gasteiger partial charge is 0.323 e. The second-order valence-electron chi connectivity index (χ2n) is 12.2. The van der Waals surface area contributed by atoms with Crippen molar-refractivity contribution in [3.8, 4) is 16.9 Å². The van der Waals surface area contributed by atoms with Gasteiger partial charge < -0.3 is 29.9 Å². The van der Waals surface area contributed by atoms with Gasteiger partial charge >= 0.3 is 6.03 Å². The average molecular weight is 626 g/mol.